The fourth-order valence-electron chi connectivity index (χ4n) is 7.77. The van der Waals surface area contributed by atoms with Crippen molar-refractivity contribution in [1.82, 2.24) is 19.6 Å². The van der Waals surface area contributed by atoms with Crippen molar-refractivity contribution in [2.24, 2.45) is 20.5 Å². The SMILES string of the molecule is O=C(Nc1ccccc1)c1cc2ccccc2c(N=Nc2ccc(-c3nnc(-c4ccc(N=Nc5c(O)cc6c7c5cccc7c(=O)n5c7ccccc7nc65)cc4)o3)cc2)c1O. The Balaban J connectivity index is 0.821. The van der Waals surface area contributed by atoms with Crippen LogP contribution in [0.1, 0.15) is 10.4 Å². The summed E-state index contributed by atoms with van der Waals surface area (Å²) < 4.78 is 7.61. The first kappa shape index (κ1) is 36.9. The van der Waals surface area contributed by atoms with Crippen molar-refractivity contribution in [3.05, 3.63) is 174 Å². The molecule has 1 amide bonds. The molecule has 14 heteroatoms. The maximum Gasteiger partial charge on any atom is 0.264 e. The molecule has 0 aliphatic heterocycles. The molecule has 0 saturated carbocycles. The quantitative estimate of drug-likeness (QED) is 0.126. The number of phenolic OH excluding ortho intramolecular Hbond substituents is 2. The second kappa shape index (κ2) is 14.8. The summed E-state index contributed by atoms with van der Waals surface area (Å²) in [6.45, 7) is 0. The summed E-state index contributed by atoms with van der Waals surface area (Å²) in [4.78, 5) is 31.7. The highest BCUT2D eigenvalue weighted by Gasteiger charge is 2.21. The normalized spacial score (nSPS) is 11.9. The molecule has 63 heavy (non-hydrogen) atoms. The summed E-state index contributed by atoms with van der Waals surface area (Å²) in [5.74, 6) is -0.291. The number of aromatic nitrogens is 4. The number of nitrogens with zero attached hydrogens (tertiary/aromatic N) is 8. The van der Waals surface area contributed by atoms with E-state index < -0.39 is 5.91 Å². The van der Waals surface area contributed by atoms with Gasteiger partial charge in [-0.3, -0.25) is 14.0 Å². The minimum absolute atomic E-state index is 0.0700. The van der Waals surface area contributed by atoms with Gasteiger partial charge in [-0.25, -0.2) is 4.98 Å². The molecule has 3 heterocycles. The van der Waals surface area contributed by atoms with Crippen LogP contribution < -0.4 is 10.9 Å². The fraction of sp³-hybridized carbons (Fsp3) is 0. The van der Waals surface area contributed by atoms with Gasteiger partial charge >= 0.3 is 0 Å². The molecule has 11 rings (SSSR count). The molecule has 0 spiro atoms. The van der Waals surface area contributed by atoms with Gasteiger partial charge in [-0.05, 0) is 96.4 Å². The van der Waals surface area contributed by atoms with E-state index in [1.54, 1.807) is 95.4 Å². The van der Waals surface area contributed by atoms with Gasteiger partial charge in [0.1, 0.15) is 22.8 Å². The third-order valence-electron chi connectivity index (χ3n) is 10.8. The second-order valence-electron chi connectivity index (χ2n) is 14.7. The van der Waals surface area contributed by atoms with Crippen molar-refractivity contribution in [1.29, 1.82) is 0 Å². The molecule has 0 aliphatic rings. The Morgan fingerprint density at radius 1 is 0.603 bits per heavy atom. The second-order valence-corrected chi connectivity index (χ2v) is 14.7. The maximum atomic E-state index is 13.7. The molecule has 11 aromatic rings. The Morgan fingerprint density at radius 2 is 1.22 bits per heavy atom. The summed E-state index contributed by atoms with van der Waals surface area (Å²) in [6.07, 6.45) is 0. The van der Waals surface area contributed by atoms with Crippen LogP contribution in [-0.4, -0.2) is 35.7 Å². The number of para-hydroxylation sites is 3. The van der Waals surface area contributed by atoms with Crippen LogP contribution in [0.2, 0.25) is 0 Å². The number of fused-ring (bicyclic) bond motifs is 5. The molecule has 0 fully saturated rings. The van der Waals surface area contributed by atoms with Crippen LogP contribution in [0.25, 0.3) is 71.9 Å². The van der Waals surface area contributed by atoms with E-state index in [2.05, 4.69) is 36.0 Å². The number of carbonyl (C=O) groups is 1. The average Bonchev–Trinajstić information content (AvgIpc) is 3.97. The van der Waals surface area contributed by atoms with Gasteiger partial charge in [0.05, 0.1) is 28.0 Å². The van der Waals surface area contributed by atoms with Crippen LogP contribution in [0.4, 0.5) is 28.4 Å². The van der Waals surface area contributed by atoms with E-state index in [0.29, 0.717) is 71.8 Å². The number of azo groups is 2. The minimum Gasteiger partial charge on any atom is -0.506 e. The van der Waals surface area contributed by atoms with E-state index >= 15 is 0 Å². The van der Waals surface area contributed by atoms with Gasteiger partial charge in [-0.2, -0.15) is 10.2 Å². The molecule has 0 saturated heterocycles. The van der Waals surface area contributed by atoms with Crippen LogP contribution in [0, 0.1) is 0 Å². The molecule has 0 aliphatic carbocycles. The van der Waals surface area contributed by atoms with Crippen LogP contribution in [-0.2, 0) is 0 Å². The lowest BCUT2D eigenvalue weighted by molar-refractivity contribution is 0.102. The summed E-state index contributed by atoms with van der Waals surface area (Å²) in [5.41, 5.74) is 4.99. The van der Waals surface area contributed by atoms with Gasteiger partial charge in [-0.15, -0.1) is 20.4 Å². The van der Waals surface area contributed by atoms with E-state index in [4.69, 9.17) is 9.40 Å². The predicted octanol–water partition coefficient (Wildman–Crippen LogP) is 12.0. The molecule has 14 nitrogen and oxygen atoms in total. The Bertz CT molecular complexity index is 3720. The number of amides is 1. The van der Waals surface area contributed by atoms with Crippen LogP contribution in [0.5, 0.6) is 11.5 Å². The van der Waals surface area contributed by atoms with E-state index in [-0.39, 0.29) is 45.8 Å². The molecule has 0 bridgehead atoms. The zero-order chi connectivity index (χ0) is 42.6. The van der Waals surface area contributed by atoms with Crippen molar-refractivity contribution in [2.45, 2.75) is 0 Å². The summed E-state index contributed by atoms with van der Waals surface area (Å²) in [6, 6.07) is 46.3. The van der Waals surface area contributed by atoms with E-state index in [1.165, 1.54) is 0 Å². The lowest BCUT2D eigenvalue weighted by Crippen LogP contribution is -2.13. The van der Waals surface area contributed by atoms with E-state index in [0.717, 1.165) is 5.39 Å². The van der Waals surface area contributed by atoms with Crippen LogP contribution in [0.3, 0.4) is 0 Å². The number of phenols is 2. The zero-order valence-corrected chi connectivity index (χ0v) is 32.7. The van der Waals surface area contributed by atoms with Crippen LogP contribution >= 0.6 is 0 Å². The van der Waals surface area contributed by atoms with Crippen molar-refractivity contribution in [3.63, 3.8) is 0 Å². The highest BCUT2D eigenvalue weighted by molar-refractivity contribution is 6.19. The standard InChI is InChI=1S/C49H29N9O5/c59-40-26-36-41-34(13-8-14-35(41)49(62)58-39-16-7-6-15-38(39)51-45(36)58)42(40)54-52-31-21-17-27(18-22-31)47-56-57-48(63-47)28-19-23-32(24-20-28)53-55-43-33-12-5-4-9-29(33)25-37(44(43)60)46(61)50-30-10-2-1-3-11-30/h1-26,59-60H,(H,50,61). The van der Waals surface area contributed by atoms with Gasteiger partial charge in [0, 0.05) is 43.7 Å². The molecule has 0 atom stereocenters. The van der Waals surface area contributed by atoms with Crippen LogP contribution in [0.15, 0.2) is 187 Å². The first-order chi connectivity index (χ1) is 30.9. The molecule has 0 radical (unpaired) electrons. The fourth-order valence-corrected chi connectivity index (χ4v) is 7.77. The molecule has 8 aromatic carbocycles. The lowest BCUT2D eigenvalue weighted by Gasteiger charge is -2.11. The number of hydrogen-bond donors (Lipinski definition) is 3. The number of carbonyl (C=O) groups excluding carboxylic acids is 1. The van der Waals surface area contributed by atoms with Crippen molar-refractivity contribution < 1.29 is 19.4 Å². The lowest BCUT2D eigenvalue weighted by atomic mass is 10.0. The monoisotopic (exact) mass is 823 g/mol. The smallest absolute Gasteiger partial charge is 0.264 e. The number of benzene rings is 8. The number of pyridine rings is 1. The number of imidazole rings is 1. The Kier molecular flexibility index (Phi) is 8.68. The zero-order valence-electron chi connectivity index (χ0n) is 32.7. The molecular formula is C49H29N9O5. The number of hydrogen-bond acceptors (Lipinski definition) is 12. The summed E-state index contributed by atoms with van der Waals surface area (Å²) >= 11 is 0. The summed E-state index contributed by atoms with van der Waals surface area (Å²) in [5, 5.41) is 55.1. The molecule has 3 N–H and O–H groups in total. The minimum atomic E-state index is -0.476. The number of rotatable bonds is 8. The van der Waals surface area contributed by atoms with Gasteiger partial charge in [-0.1, -0.05) is 66.7 Å². The Labute approximate surface area is 355 Å². The van der Waals surface area contributed by atoms with Crippen molar-refractivity contribution in [3.8, 4) is 34.4 Å². The molecule has 0 unspecified atom stereocenters. The average molecular weight is 824 g/mol. The van der Waals surface area contributed by atoms with Crippen molar-refractivity contribution >= 4 is 83.3 Å². The highest BCUT2D eigenvalue weighted by atomic mass is 16.4. The highest BCUT2D eigenvalue weighted by Crippen LogP contribution is 2.43. The Morgan fingerprint density at radius 3 is 1.95 bits per heavy atom. The van der Waals surface area contributed by atoms with Gasteiger partial charge in [0.15, 0.2) is 5.75 Å². The first-order valence-corrected chi connectivity index (χ1v) is 19.7. The maximum absolute atomic E-state index is 13.7. The summed E-state index contributed by atoms with van der Waals surface area (Å²) in [7, 11) is 0. The Hall–Kier alpha value is -9.17. The van der Waals surface area contributed by atoms with E-state index in [1.807, 2.05) is 66.7 Å². The van der Waals surface area contributed by atoms with E-state index in [9.17, 15) is 19.8 Å². The van der Waals surface area contributed by atoms with Gasteiger partial charge in [0.2, 0.25) is 11.8 Å². The number of anilines is 1. The molecule has 300 valence electrons. The molecular weight excluding hydrogens is 795 g/mol. The largest absolute Gasteiger partial charge is 0.506 e. The first-order valence-electron chi connectivity index (χ1n) is 19.7. The third-order valence-corrected chi connectivity index (χ3v) is 10.8. The number of nitrogens with one attached hydrogen (secondary N) is 1. The van der Waals surface area contributed by atoms with Crippen molar-refractivity contribution in [2.75, 3.05) is 5.32 Å². The third kappa shape index (κ3) is 6.42. The van der Waals surface area contributed by atoms with Gasteiger partial charge in [0.25, 0.3) is 11.5 Å². The molecule has 3 aromatic heterocycles. The predicted molar refractivity (Wildman–Crippen MR) is 240 cm³/mol. The topological polar surface area (TPSA) is 192 Å². The van der Waals surface area contributed by atoms with Gasteiger partial charge < -0.3 is 19.9 Å². The number of aromatic hydroxyl groups is 2.